The van der Waals surface area contributed by atoms with Crippen LogP contribution in [-0.2, 0) is 10.0 Å². The Morgan fingerprint density at radius 2 is 1.80 bits per heavy atom. The number of sulfonamides is 1. The van der Waals surface area contributed by atoms with Gasteiger partial charge in [-0.15, -0.1) is 0 Å². The summed E-state index contributed by atoms with van der Waals surface area (Å²) in [5, 5.41) is 0. The van der Waals surface area contributed by atoms with Crippen molar-refractivity contribution < 1.29 is 8.42 Å². The summed E-state index contributed by atoms with van der Waals surface area (Å²) < 4.78 is 26.8. The standard InChI is InChI=1S/C11H21NO2S/c1-10(2,3)12-15(13,14)11(6-7-11)8-9-4-5-9/h9,12H,4-8H2,1-3H3. The Morgan fingerprint density at radius 3 is 2.13 bits per heavy atom. The van der Waals surface area contributed by atoms with E-state index in [1.165, 1.54) is 12.8 Å². The first-order valence-corrected chi connectivity index (χ1v) is 7.26. The van der Waals surface area contributed by atoms with E-state index >= 15 is 0 Å². The molecule has 0 aliphatic heterocycles. The number of nitrogens with one attached hydrogen (secondary N) is 1. The van der Waals surface area contributed by atoms with Gasteiger partial charge in [0.15, 0.2) is 0 Å². The van der Waals surface area contributed by atoms with Crippen LogP contribution in [0.1, 0.15) is 52.9 Å². The molecule has 0 aromatic carbocycles. The van der Waals surface area contributed by atoms with Gasteiger partial charge >= 0.3 is 0 Å². The van der Waals surface area contributed by atoms with Gasteiger partial charge in [0.1, 0.15) is 0 Å². The third-order valence-corrected chi connectivity index (χ3v) is 5.77. The molecule has 3 nitrogen and oxygen atoms in total. The van der Waals surface area contributed by atoms with Crippen molar-refractivity contribution in [2.45, 2.75) is 63.2 Å². The Kier molecular flexibility index (Phi) is 2.43. The van der Waals surface area contributed by atoms with Crippen LogP contribution in [0.4, 0.5) is 0 Å². The van der Waals surface area contributed by atoms with Gasteiger partial charge in [-0.3, -0.25) is 0 Å². The Hall–Kier alpha value is -0.0900. The van der Waals surface area contributed by atoms with Crippen molar-refractivity contribution >= 4 is 10.0 Å². The van der Waals surface area contributed by atoms with Crippen molar-refractivity contribution in [3.8, 4) is 0 Å². The van der Waals surface area contributed by atoms with Gasteiger partial charge in [-0.05, 0) is 46.0 Å². The van der Waals surface area contributed by atoms with Gasteiger partial charge in [0, 0.05) is 5.54 Å². The summed E-state index contributed by atoms with van der Waals surface area (Å²) in [5.41, 5.74) is -0.349. The summed E-state index contributed by atoms with van der Waals surface area (Å²) in [6.07, 6.45) is 5.06. The minimum absolute atomic E-state index is 0.349. The molecule has 4 heteroatoms. The molecular weight excluding hydrogens is 210 g/mol. The number of hydrogen-bond acceptors (Lipinski definition) is 2. The summed E-state index contributed by atoms with van der Waals surface area (Å²) in [7, 11) is -3.11. The largest absolute Gasteiger partial charge is 0.217 e. The lowest BCUT2D eigenvalue weighted by molar-refractivity contribution is 0.474. The normalized spacial score (nSPS) is 25.3. The highest BCUT2D eigenvalue weighted by Crippen LogP contribution is 2.52. The van der Waals surface area contributed by atoms with Gasteiger partial charge < -0.3 is 0 Å². The first-order valence-electron chi connectivity index (χ1n) is 5.78. The van der Waals surface area contributed by atoms with Crippen LogP contribution in [0.15, 0.2) is 0 Å². The van der Waals surface area contributed by atoms with Crippen molar-refractivity contribution in [3.63, 3.8) is 0 Å². The Morgan fingerprint density at radius 1 is 1.27 bits per heavy atom. The van der Waals surface area contributed by atoms with Gasteiger partial charge in [0.2, 0.25) is 10.0 Å². The maximum absolute atomic E-state index is 12.2. The zero-order chi connectivity index (χ0) is 11.3. The molecule has 0 aromatic rings. The third-order valence-electron chi connectivity index (χ3n) is 3.18. The molecule has 0 unspecified atom stereocenters. The van der Waals surface area contributed by atoms with E-state index in [-0.39, 0.29) is 5.54 Å². The molecule has 15 heavy (non-hydrogen) atoms. The second kappa shape index (κ2) is 3.20. The molecule has 88 valence electrons. The summed E-state index contributed by atoms with van der Waals surface area (Å²) in [6.45, 7) is 5.70. The van der Waals surface area contributed by atoms with E-state index < -0.39 is 14.8 Å². The van der Waals surface area contributed by atoms with Crippen molar-refractivity contribution in [2.75, 3.05) is 0 Å². The van der Waals surface area contributed by atoms with Gasteiger partial charge in [0.05, 0.1) is 4.75 Å². The van der Waals surface area contributed by atoms with Crippen LogP contribution < -0.4 is 4.72 Å². The van der Waals surface area contributed by atoms with E-state index in [4.69, 9.17) is 0 Å². The first-order chi connectivity index (χ1) is 6.74. The quantitative estimate of drug-likeness (QED) is 0.804. The molecular formula is C11H21NO2S. The van der Waals surface area contributed by atoms with Crippen molar-refractivity contribution in [3.05, 3.63) is 0 Å². The van der Waals surface area contributed by atoms with Gasteiger partial charge in [-0.2, -0.15) is 0 Å². The molecule has 2 fully saturated rings. The molecule has 1 N–H and O–H groups in total. The van der Waals surface area contributed by atoms with E-state index in [1.807, 2.05) is 20.8 Å². The molecule has 0 amide bonds. The van der Waals surface area contributed by atoms with E-state index in [9.17, 15) is 8.42 Å². The molecule has 2 aliphatic carbocycles. The molecule has 2 saturated carbocycles. The lowest BCUT2D eigenvalue weighted by Gasteiger charge is -2.25. The Bertz CT molecular complexity index is 345. The predicted octanol–water partition coefficient (Wildman–Crippen LogP) is 2.04. The van der Waals surface area contributed by atoms with Crippen LogP contribution in [0.3, 0.4) is 0 Å². The van der Waals surface area contributed by atoms with Crippen LogP contribution in [0, 0.1) is 5.92 Å². The summed E-state index contributed by atoms with van der Waals surface area (Å²) >= 11 is 0. The van der Waals surface area contributed by atoms with Gasteiger partial charge in [0.25, 0.3) is 0 Å². The topological polar surface area (TPSA) is 46.2 Å². The number of rotatable bonds is 4. The third kappa shape index (κ3) is 2.53. The fourth-order valence-electron chi connectivity index (χ4n) is 2.08. The Labute approximate surface area is 92.7 Å². The molecule has 0 saturated heterocycles. The minimum atomic E-state index is -3.11. The van der Waals surface area contributed by atoms with E-state index in [0.717, 1.165) is 19.3 Å². The first kappa shape index (κ1) is 11.4. The maximum Gasteiger partial charge on any atom is 0.217 e. The molecule has 2 rings (SSSR count). The van der Waals surface area contributed by atoms with Crippen LogP contribution in [0.2, 0.25) is 0 Å². The number of hydrogen-bond donors (Lipinski definition) is 1. The highest BCUT2D eigenvalue weighted by atomic mass is 32.2. The van der Waals surface area contributed by atoms with Crippen molar-refractivity contribution in [1.82, 2.24) is 4.72 Å². The summed E-state index contributed by atoms with van der Waals surface area (Å²) in [6, 6.07) is 0. The molecule has 0 aromatic heterocycles. The van der Waals surface area contributed by atoms with E-state index in [0.29, 0.717) is 5.92 Å². The predicted molar refractivity (Wildman–Crippen MR) is 61.1 cm³/mol. The van der Waals surface area contributed by atoms with Gasteiger partial charge in [-0.1, -0.05) is 12.8 Å². The van der Waals surface area contributed by atoms with Crippen LogP contribution in [0.25, 0.3) is 0 Å². The minimum Gasteiger partial charge on any atom is -0.212 e. The molecule has 0 bridgehead atoms. The summed E-state index contributed by atoms with van der Waals surface area (Å²) in [5.74, 6) is 0.684. The van der Waals surface area contributed by atoms with E-state index in [2.05, 4.69) is 4.72 Å². The van der Waals surface area contributed by atoms with Crippen LogP contribution >= 0.6 is 0 Å². The van der Waals surface area contributed by atoms with Crippen LogP contribution in [-0.4, -0.2) is 18.7 Å². The second-order valence-electron chi connectivity index (χ2n) is 6.19. The van der Waals surface area contributed by atoms with Crippen LogP contribution in [0.5, 0.6) is 0 Å². The van der Waals surface area contributed by atoms with Crippen molar-refractivity contribution in [2.24, 2.45) is 5.92 Å². The maximum atomic E-state index is 12.2. The van der Waals surface area contributed by atoms with Gasteiger partial charge in [-0.25, -0.2) is 13.1 Å². The van der Waals surface area contributed by atoms with E-state index in [1.54, 1.807) is 0 Å². The lowest BCUT2D eigenvalue weighted by atomic mass is 10.1. The fraction of sp³-hybridized carbons (Fsp3) is 1.00. The zero-order valence-electron chi connectivity index (χ0n) is 9.84. The smallest absolute Gasteiger partial charge is 0.212 e. The monoisotopic (exact) mass is 231 g/mol. The lowest BCUT2D eigenvalue weighted by Crippen LogP contribution is -2.46. The highest BCUT2D eigenvalue weighted by Gasteiger charge is 2.56. The fourth-order valence-corrected chi connectivity index (χ4v) is 4.20. The molecule has 0 spiro atoms. The average Bonchev–Trinajstić information content (AvgIpc) is 2.79. The molecule has 0 heterocycles. The molecule has 2 aliphatic rings. The zero-order valence-corrected chi connectivity index (χ0v) is 10.7. The van der Waals surface area contributed by atoms with Crippen molar-refractivity contribution in [1.29, 1.82) is 0 Å². The molecule has 0 radical (unpaired) electrons. The molecule has 0 atom stereocenters. The summed E-state index contributed by atoms with van der Waals surface area (Å²) in [4.78, 5) is 0. The Balaban J connectivity index is 2.07. The average molecular weight is 231 g/mol. The SMILES string of the molecule is CC(C)(C)NS(=O)(=O)C1(CC2CC2)CC1. The highest BCUT2D eigenvalue weighted by molar-refractivity contribution is 7.91. The second-order valence-corrected chi connectivity index (χ2v) is 8.26.